The molecule has 0 aromatic rings. The van der Waals surface area contributed by atoms with E-state index in [0.717, 1.165) is 26.1 Å². The Kier molecular flexibility index (Phi) is 3.85. The van der Waals surface area contributed by atoms with E-state index in [1.165, 1.54) is 19.4 Å². The first-order valence-electron chi connectivity index (χ1n) is 6.43. The van der Waals surface area contributed by atoms with Gasteiger partial charge in [-0.05, 0) is 39.9 Å². The average Bonchev–Trinajstić information content (AvgIpc) is 2.81. The van der Waals surface area contributed by atoms with Crippen molar-refractivity contribution in [1.29, 1.82) is 0 Å². The lowest BCUT2D eigenvalue weighted by Crippen LogP contribution is -2.57. The third kappa shape index (κ3) is 2.25. The molecule has 0 bridgehead atoms. The number of nitrogens with zero attached hydrogens (tertiary/aromatic N) is 2. The number of likely N-dealkylation sites (N-methyl/N-ethyl adjacent to an activating group) is 1. The highest BCUT2D eigenvalue weighted by atomic mass is 16.3. The molecular weight excluding hydrogens is 202 g/mol. The lowest BCUT2D eigenvalue weighted by Gasteiger charge is -2.35. The molecule has 2 N–H and O–H groups in total. The molecule has 2 aliphatic heterocycles. The van der Waals surface area contributed by atoms with Crippen LogP contribution < -0.4 is 5.32 Å². The second-order valence-corrected chi connectivity index (χ2v) is 5.49. The second-order valence-electron chi connectivity index (χ2n) is 5.49. The Bertz CT molecular complexity index is 234. The molecule has 0 amide bonds. The summed E-state index contributed by atoms with van der Waals surface area (Å²) in [7, 11) is 4.17. The van der Waals surface area contributed by atoms with Gasteiger partial charge in [0.05, 0.1) is 12.1 Å². The van der Waals surface area contributed by atoms with Crippen LogP contribution in [0.1, 0.15) is 19.3 Å². The minimum Gasteiger partial charge on any atom is -0.394 e. The van der Waals surface area contributed by atoms with Crippen LogP contribution in [-0.4, -0.2) is 73.4 Å². The number of aliphatic hydroxyl groups excluding tert-OH is 1. The van der Waals surface area contributed by atoms with Gasteiger partial charge in [-0.3, -0.25) is 4.90 Å². The van der Waals surface area contributed by atoms with Gasteiger partial charge in [-0.2, -0.15) is 0 Å². The van der Waals surface area contributed by atoms with E-state index in [1.807, 2.05) is 0 Å². The average molecular weight is 227 g/mol. The summed E-state index contributed by atoms with van der Waals surface area (Å²) in [4.78, 5) is 4.72. The molecule has 94 valence electrons. The highest BCUT2D eigenvalue weighted by molar-refractivity contribution is 5.07. The summed E-state index contributed by atoms with van der Waals surface area (Å²) < 4.78 is 0. The van der Waals surface area contributed by atoms with Crippen molar-refractivity contribution in [3.8, 4) is 0 Å². The van der Waals surface area contributed by atoms with Crippen molar-refractivity contribution in [3.63, 3.8) is 0 Å². The molecule has 4 heteroatoms. The number of nitrogens with one attached hydrogen (secondary N) is 1. The van der Waals surface area contributed by atoms with Crippen molar-refractivity contribution in [1.82, 2.24) is 15.1 Å². The number of aliphatic hydroxyl groups is 1. The molecule has 2 saturated heterocycles. The fourth-order valence-corrected chi connectivity index (χ4v) is 3.20. The predicted octanol–water partition coefficient (Wildman–Crippen LogP) is -0.263. The van der Waals surface area contributed by atoms with Gasteiger partial charge >= 0.3 is 0 Å². The fourth-order valence-electron chi connectivity index (χ4n) is 3.20. The third-order valence-corrected chi connectivity index (χ3v) is 4.16. The first-order valence-corrected chi connectivity index (χ1v) is 6.43. The van der Waals surface area contributed by atoms with Crippen molar-refractivity contribution < 1.29 is 5.11 Å². The van der Waals surface area contributed by atoms with Gasteiger partial charge in [-0.25, -0.2) is 0 Å². The number of hydrogen-bond donors (Lipinski definition) is 2. The fraction of sp³-hybridized carbons (Fsp3) is 1.00. The lowest BCUT2D eigenvalue weighted by atomic mass is 9.89. The molecule has 2 atom stereocenters. The van der Waals surface area contributed by atoms with Crippen molar-refractivity contribution in [3.05, 3.63) is 0 Å². The van der Waals surface area contributed by atoms with Crippen LogP contribution in [0.4, 0.5) is 0 Å². The van der Waals surface area contributed by atoms with E-state index >= 15 is 0 Å². The maximum atomic E-state index is 9.73. The smallest absolute Gasteiger partial charge is 0.0629 e. The van der Waals surface area contributed by atoms with Gasteiger partial charge in [0, 0.05) is 25.7 Å². The number of hydrogen-bond acceptors (Lipinski definition) is 4. The van der Waals surface area contributed by atoms with E-state index in [2.05, 4.69) is 29.2 Å². The molecule has 0 saturated carbocycles. The minimum atomic E-state index is -0.0213. The quantitative estimate of drug-likeness (QED) is 0.678. The summed E-state index contributed by atoms with van der Waals surface area (Å²) in [6.07, 6.45) is 3.64. The van der Waals surface area contributed by atoms with Crippen molar-refractivity contribution in [2.75, 3.05) is 46.9 Å². The van der Waals surface area contributed by atoms with Gasteiger partial charge < -0.3 is 15.3 Å². The van der Waals surface area contributed by atoms with E-state index in [9.17, 15) is 5.11 Å². The number of fused-ring (bicyclic) bond motifs is 1. The van der Waals surface area contributed by atoms with E-state index < -0.39 is 0 Å². The topological polar surface area (TPSA) is 38.7 Å². The molecule has 2 unspecified atom stereocenters. The SMILES string of the molecule is CN(C)CCNC1(CO)CCN2CCCC21. The van der Waals surface area contributed by atoms with Gasteiger partial charge in [0.1, 0.15) is 0 Å². The summed E-state index contributed by atoms with van der Waals surface area (Å²) in [5, 5.41) is 13.3. The molecule has 2 fully saturated rings. The molecule has 2 rings (SSSR count). The van der Waals surface area contributed by atoms with E-state index in [4.69, 9.17) is 0 Å². The Hall–Kier alpha value is -0.160. The van der Waals surface area contributed by atoms with Crippen LogP contribution in [0.15, 0.2) is 0 Å². The highest BCUT2D eigenvalue weighted by Gasteiger charge is 2.48. The van der Waals surface area contributed by atoms with Crippen LogP contribution in [0.25, 0.3) is 0 Å². The van der Waals surface area contributed by atoms with Gasteiger partial charge in [-0.1, -0.05) is 0 Å². The van der Waals surface area contributed by atoms with Gasteiger partial charge in [0.2, 0.25) is 0 Å². The second kappa shape index (κ2) is 5.00. The maximum absolute atomic E-state index is 9.73. The van der Waals surface area contributed by atoms with Crippen LogP contribution in [0.5, 0.6) is 0 Å². The van der Waals surface area contributed by atoms with E-state index in [0.29, 0.717) is 6.04 Å². The van der Waals surface area contributed by atoms with Crippen LogP contribution >= 0.6 is 0 Å². The summed E-state index contributed by atoms with van der Waals surface area (Å²) in [5.41, 5.74) is -0.0213. The summed E-state index contributed by atoms with van der Waals surface area (Å²) in [6, 6.07) is 0.569. The largest absolute Gasteiger partial charge is 0.394 e. The van der Waals surface area contributed by atoms with E-state index in [1.54, 1.807) is 0 Å². The van der Waals surface area contributed by atoms with E-state index in [-0.39, 0.29) is 12.1 Å². The zero-order valence-electron chi connectivity index (χ0n) is 10.6. The Morgan fingerprint density at radius 2 is 2.25 bits per heavy atom. The van der Waals surface area contributed by atoms with Gasteiger partial charge in [-0.15, -0.1) is 0 Å². The van der Waals surface area contributed by atoms with Gasteiger partial charge in [0.15, 0.2) is 0 Å². The maximum Gasteiger partial charge on any atom is 0.0629 e. The molecule has 2 heterocycles. The Balaban J connectivity index is 1.91. The Labute approximate surface area is 98.6 Å². The standard InChI is InChI=1S/C12H25N3O/c1-14(2)9-6-13-12(10-16)5-8-15-7-3-4-11(12)15/h11,13,16H,3-10H2,1-2H3. The van der Waals surface area contributed by atoms with Gasteiger partial charge in [0.25, 0.3) is 0 Å². The van der Waals surface area contributed by atoms with Crippen molar-refractivity contribution >= 4 is 0 Å². The van der Waals surface area contributed by atoms with Crippen molar-refractivity contribution in [2.24, 2.45) is 0 Å². The molecule has 0 radical (unpaired) electrons. The molecule has 16 heavy (non-hydrogen) atoms. The highest BCUT2D eigenvalue weighted by Crippen LogP contribution is 2.35. The Morgan fingerprint density at radius 3 is 2.94 bits per heavy atom. The molecule has 0 aromatic heterocycles. The summed E-state index contributed by atoms with van der Waals surface area (Å²) in [5.74, 6) is 0. The van der Waals surface area contributed by atoms with Crippen LogP contribution in [0, 0.1) is 0 Å². The lowest BCUT2D eigenvalue weighted by molar-refractivity contribution is 0.125. The molecule has 0 aromatic carbocycles. The monoisotopic (exact) mass is 227 g/mol. The molecular formula is C12H25N3O. The Morgan fingerprint density at radius 1 is 1.44 bits per heavy atom. The third-order valence-electron chi connectivity index (χ3n) is 4.16. The van der Waals surface area contributed by atoms with Crippen molar-refractivity contribution in [2.45, 2.75) is 30.8 Å². The summed E-state index contributed by atoms with van der Waals surface area (Å²) in [6.45, 7) is 4.66. The first kappa shape index (κ1) is 12.3. The van der Waals surface area contributed by atoms with Crippen LogP contribution in [0.2, 0.25) is 0 Å². The van der Waals surface area contributed by atoms with Crippen LogP contribution in [-0.2, 0) is 0 Å². The van der Waals surface area contributed by atoms with Crippen LogP contribution in [0.3, 0.4) is 0 Å². The zero-order chi connectivity index (χ0) is 11.6. The summed E-state index contributed by atoms with van der Waals surface area (Å²) >= 11 is 0. The predicted molar refractivity (Wildman–Crippen MR) is 65.6 cm³/mol. The number of rotatable bonds is 5. The first-order chi connectivity index (χ1) is 7.68. The molecule has 0 spiro atoms. The zero-order valence-corrected chi connectivity index (χ0v) is 10.6. The molecule has 0 aliphatic carbocycles. The molecule has 4 nitrogen and oxygen atoms in total. The molecule has 2 aliphatic rings. The minimum absolute atomic E-state index is 0.0213. The normalized spacial score (nSPS) is 34.9.